The van der Waals surface area contributed by atoms with E-state index in [-0.39, 0.29) is 44.2 Å². The minimum Gasteiger partial charge on any atom is -0.493 e. The molecule has 2 rings (SSSR count). The smallest absolute Gasteiger partial charge is 0.340 e. The Bertz CT molecular complexity index is 853. The van der Waals surface area contributed by atoms with Crippen LogP contribution in [0.2, 0.25) is 0 Å². The molecule has 1 aromatic carbocycles. The van der Waals surface area contributed by atoms with Gasteiger partial charge in [0.1, 0.15) is 5.56 Å². The molecule has 28 heavy (non-hydrogen) atoms. The van der Waals surface area contributed by atoms with Crippen LogP contribution in [0.5, 0.6) is 11.5 Å². The number of unbranched alkanes of at least 4 members (excludes halogenated alkanes) is 1. The van der Waals surface area contributed by atoms with E-state index in [1.54, 1.807) is 6.07 Å². The van der Waals surface area contributed by atoms with Crippen LogP contribution in [-0.4, -0.2) is 46.4 Å². The minimum atomic E-state index is -1.23. The molecule has 0 saturated carbocycles. The summed E-state index contributed by atoms with van der Waals surface area (Å²) in [5.74, 6) is -1.76. The Kier molecular flexibility index (Phi) is 7.41. The Labute approximate surface area is 171 Å². The Morgan fingerprint density at radius 2 is 2.04 bits per heavy atom. The van der Waals surface area contributed by atoms with Crippen molar-refractivity contribution in [2.75, 3.05) is 14.2 Å². The van der Waals surface area contributed by atoms with Crippen LogP contribution in [0.4, 0.5) is 0 Å². The minimum absolute atomic E-state index is 0.0482. The molecule has 2 N–H and O–H groups in total. The van der Waals surface area contributed by atoms with Crippen molar-refractivity contribution in [1.82, 2.24) is 10.4 Å². The van der Waals surface area contributed by atoms with Crippen molar-refractivity contribution in [2.45, 2.75) is 26.2 Å². The van der Waals surface area contributed by atoms with Gasteiger partial charge in [-0.15, -0.1) is 0 Å². The second kappa shape index (κ2) is 9.56. The second-order valence-corrected chi connectivity index (χ2v) is 7.40. The number of carboxylic acids is 1. The molecule has 0 unspecified atom stereocenters. The van der Waals surface area contributed by atoms with Crippen LogP contribution < -0.4 is 14.9 Å². The summed E-state index contributed by atoms with van der Waals surface area (Å²) in [6.45, 7) is 1.96. The van der Waals surface area contributed by atoms with Crippen LogP contribution in [0, 0.1) is 0 Å². The molecule has 1 saturated heterocycles. The number of nitrogens with zero attached hydrogens (tertiary/aromatic N) is 1. The number of benzene rings is 1. The number of hydrogen-bond acceptors (Lipinski definition) is 7. The van der Waals surface area contributed by atoms with Crippen LogP contribution in [0.25, 0.3) is 6.08 Å². The summed E-state index contributed by atoms with van der Waals surface area (Å²) in [7, 11) is 2.73. The van der Waals surface area contributed by atoms with Gasteiger partial charge in [-0.2, -0.15) is 5.01 Å². The van der Waals surface area contributed by atoms with Crippen LogP contribution in [-0.2, 0) is 9.59 Å². The van der Waals surface area contributed by atoms with Gasteiger partial charge in [0, 0.05) is 6.42 Å². The van der Waals surface area contributed by atoms with Gasteiger partial charge in [-0.05, 0) is 36.3 Å². The van der Waals surface area contributed by atoms with Gasteiger partial charge in [0.2, 0.25) is 5.91 Å². The molecule has 1 aliphatic rings. The average molecular weight is 425 g/mol. The van der Waals surface area contributed by atoms with Gasteiger partial charge in [-0.1, -0.05) is 31.2 Å². The van der Waals surface area contributed by atoms with E-state index in [2.05, 4.69) is 5.43 Å². The number of methoxy groups -OCH3 is 2. The number of carbonyl (C=O) groups is 3. The fourth-order valence-electron chi connectivity index (χ4n) is 2.51. The highest BCUT2D eigenvalue weighted by atomic mass is 32.2. The molecule has 0 bridgehead atoms. The lowest BCUT2D eigenvalue weighted by Crippen LogP contribution is -2.44. The van der Waals surface area contributed by atoms with Gasteiger partial charge in [0.15, 0.2) is 15.8 Å². The number of thioether (sulfide) groups is 1. The number of carbonyl (C=O) groups excluding carboxylic acids is 2. The van der Waals surface area contributed by atoms with Crippen LogP contribution in [0.1, 0.15) is 42.1 Å². The lowest BCUT2D eigenvalue weighted by atomic mass is 10.0. The molecule has 1 aromatic rings. The predicted octanol–water partition coefficient (Wildman–Crippen LogP) is 2.82. The summed E-state index contributed by atoms with van der Waals surface area (Å²) in [5, 5.41) is 10.6. The Balaban J connectivity index is 2.36. The monoisotopic (exact) mass is 424 g/mol. The molecular weight excluding hydrogens is 404 g/mol. The highest BCUT2D eigenvalue weighted by Gasteiger charge is 2.34. The molecular formula is C18H20N2O6S2. The van der Waals surface area contributed by atoms with E-state index in [1.807, 2.05) is 6.92 Å². The molecule has 1 aliphatic heterocycles. The predicted molar refractivity (Wildman–Crippen MR) is 109 cm³/mol. The zero-order valence-corrected chi connectivity index (χ0v) is 17.2. The summed E-state index contributed by atoms with van der Waals surface area (Å²) >= 11 is 6.14. The Hall–Kier alpha value is -2.59. The number of ether oxygens (including phenoxy) is 2. The maximum Gasteiger partial charge on any atom is 0.340 e. The summed E-state index contributed by atoms with van der Waals surface area (Å²) in [5.41, 5.74) is 2.60. The van der Waals surface area contributed by atoms with Gasteiger partial charge in [-0.25, -0.2) is 4.79 Å². The van der Waals surface area contributed by atoms with Crippen molar-refractivity contribution in [2.24, 2.45) is 0 Å². The molecule has 1 fully saturated rings. The van der Waals surface area contributed by atoms with E-state index >= 15 is 0 Å². The summed E-state index contributed by atoms with van der Waals surface area (Å²) in [6, 6.07) is 3.06. The number of aromatic carboxylic acids is 1. The number of nitrogens with one attached hydrogen (secondary N) is 1. The van der Waals surface area contributed by atoms with Crippen LogP contribution in [0.15, 0.2) is 17.0 Å². The molecule has 8 nitrogen and oxygen atoms in total. The number of hydrazine groups is 1. The molecule has 2 amide bonds. The second-order valence-electron chi connectivity index (χ2n) is 5.73. The SMILES string of the molecule is CCCCC(=O)NN1C(=O)/C(=C\c2ccc(OC)c(OC)c2C(=O)O)SC1=S. The molecule has 10 heteroatoms. The summed E-state index contributed by atoms with van der Waals surface area (Å²) in [6.07, 6.45) is 3.24. The van der Waals surface area contributed by atoms with Gasteiger partial charge in [-0.3, -0.25) is 15.0 Å². The maximum atomic E-state index is 12.6. The Morgan fingerprint density at radius 1 is 1.32 bits per heavy atom. The number of carboxylic acid groups (broad SMARTS) is 1. The topological polar surface area (TPSA) is 105 Å². The van der Waals surface area contributed by atoms with E-state index in [0.717, 1.165) is 23.2 Å². The first-order valence-electron chi connectivity index (χ1n) is 8.39. The molecule has 0 aromatic heterocycles. The number of rotatable bonds is 8. The van der Waals surface area contributed by atoms with Gasteiger partial charge in [0.25, 0.3) is 5.91 Å². The zero-order valence-electron chi connectivity index (χ0n) is 15.6. The first-order chi connectivity index (χ1) is 13.3. The maximum absolute atomic E-state index is 12.6. The molecule has 0 aliphatic carbocycles. The molecule has 0 spiro atoms. The standard InChI is InChI=1S/C18H20N2O6S2/c1-4-5-6-13(21)19-20-16(22)12(28-18(20)27)9-10-7-8-11(25-2)15(26-3)14(10)17(23)24/h7-9H,4-6H2,1-3H3,(H,19,21)(H,23,24)/b12-9+. The van der Waals surface area contributed by atoms with Gasteiger partial charge < -0.3 is 14.6 Å². The molecule has 0 radical (unpaired) electrons. The highest BCUT2D eigenvalue weighted by molar-refractivity contribution is 8.26. The van der Waals surface area contributed by atoms with E-state index in [9.17, 15) is 19.5 Å². The lowest BCUT2D eigenvalue weighted by Gasteiger charge is -2.15. The molecule has 1 heterocycles. The van der Waals surface area contributed by atoms with Gasteiger partial charge >= 0.3 is 5.97 Å². The van der Waals surface area contributed by atoms with Crippen molar-refractivity contribution >= 4 is 52.2 Å². The van der Waals surface area contributed by atoms with Crippen LogP contribution >= 0.6 is 24.0 Å². The molecule has 150 valence electrons. The molecule has 0 atom stereocenters. The first kappa shape index (κ1) is 21.7. The summed E-state index contributed by atoms with van der Waals surface area (Å²) < 4.78 is 10.5. The Morgan fingerprint density at radius 3 is 2.61 bits per heavy atom. The third-order valence-corrected chi connectivity index (χ3v) is 5.17. The summed E-state index contributed by atoms with van der Waals surface area (Å²) in [4.78, 5) is 36.5. The van der Waals surface area contributed by atoms with E-state index < -0.39 is 11.9 Å². The van der Waals surface area contributed by atoms with E-state index in [1.165, 1.54) is 26.4 Å². The van der Waals surface area contributed by atoms with E-state index in [4.69, 9.17) is 21.7 Å². The fourth-order valence-corrected chi connectivity index (χ4v) is 3.68. The van der Waals surface area contributed by atoms with Crippen molar-refractivity contribution in [1.29, 1.82) is 0 Å². The van der Waals surface area contributed by atoms with Crippen LogP contribution in [0.3, 0.4) is 0 Å². The van der Waals surface area contributed by atoms with Crippen molar-refractivity contribution in [3.63, 3.8) is 0 Å². The first-order valence-corrected chi connectivity index (χ1v) is 9.62. The quantitative estimate of drug-likeness (QED) is 0.485. The fraction of sp³-hybridized carbons (Fsp3) is 0.333. The van der Waals surface area contributed by atoms with Crippen molar-refractivity contribution in [3.05, 3.63) is 28.2 Å². The third kappa shape index (κ3) is 4.63. The number of thiocarbonyl (C=S) groups is 1. The van der Waals surface area contributed by atoms with Crippen molar-refractivity contribution < 1.29 is 29.0 Å². The van der Waals surface area contributed by atoms with E-state index in [0.29, 0.717) is 6.42 Å². The highest BCUT2D eigenvalue weighted by Crippen LogP contribution is 2.37. The third-order valence-electron chi connectivity index (χ3n) is 3.87. The largest absolute Gasteiger partial charge is 0.493 e. The normalized spacial score (nSPS) is 15.1. The number of hydrogen-bond donors (Lipinski definition) is 2. The van der Waals surface area contributed by atoms with Gasteiger partial charge in [0.05, 0.1) is 19.1 Å². The zero-order chi connectivity index (χ0) is 20.8. The van der Waals surface area contributed by atoms with Crippen molar-refractivity contribution in [3.8, 4) is 11.5 Å². The number of amides is 2. The average Bonchev–Trinajstić information content (AvgIpc) is 2.92. The lowest BCUT2D eigenvalue weighted by molar-refractivity contribution is -0.133.